The van der Waals surface area contributed by atoms with Crippen LogP contribution < -0.4 is 11.1 Å². The van der Waals surface area contributed by atoms with Gasteiger partial charge >= 0.3 is 0 Å². The molecule has 4 heteroatoms. The molecule has 1 rings (SSSR count). The maximum Gasteiger partial charge on any atom is 0.249 e. The van der Waals surface area contributed by atoms with Crippen molar-refractivity contribution in [3.05, 3.63) is 0 Å². The molecular formula is C14H28N2O2. The molecule has 106 valence electrons. The number of ether oxygens (including phenoxy) is 1. The normalized spacial score (nSPS) is 27.4. The lowest BCUT2D eigenvalue weighted by Crippen LogP contribution is -2.48. The zero-order valence-electron chi connectivity index (χ0n) is 12.2. The summed E-state index contributed by atoms with van der Waals surface area (Å²) < 4.78 is 5.85. The first-order valence-electron chi connectivity index (χ1n) is 7.02. The maximum absolute atomic E-state index is 11.9. The van der Waals surface area contributed by atoms with Crippen LogP contribution in [0.3, 0.4) is 0 Å². The Morgan fingerprint density at radius 1 is 1.28 bits per heavy atom. The third-order valence-electron chi connectivity index (χ3n) is 3.25. The van der Waals surface area contributed by atoms with Crippen LogP contribution in [0.25, 0.3) is 0 Å². The van der Waals surface area contributed by atoms with Gasteiger partial charge in [0.05, 0.1) is 6.10 Å². The molecule has 1 aliphatic carbocycles. The SMILES string of the molecule is CC(OC1CCCCCC1N)C(=O)NC(C)(C)C. The lowest BCUT2D eigenvalue weighted by molar-refractivity contribution is -0.137. The Morgan fingerprint density at radius 2 is 1.89 bits per heavy atom. The van der Waals surface area contributed by atoms with Gasteiger partial charge in [-0.3, -0.25) is 4.79 Å². The van der Waals surface area contributed by atoms with Gasteiger partial charge in [0.1, 0.15) is 6.10 Å². The van der Waals surface area contributed by atoms with Crippen molar-refractivity contribution in [1.29, 1.82) is 0 Å². The smallest absolute Gasteiger partial charge is 0.249 e. The first kappa shape index (κ1) is 15.4. The van der Waals surface area contributed by atoms with E-state index in [0.717, 1.165) is 19.3 Å². The summed E-state index contributed by atoms with van der Waals surface area (Å²) in [5.74, 6) is -0.0565. The molecule has 18 heavy (non-hydrogen) atoms. The van der Waals surface area contributed by atoms with E-state index in [4.69, 9.17) is 10.5 Å². The van der Waals surface area contributed by atoms with E-state index >= 15 is 0 Å². The van der Waals surface area contributed by atoms with E-state index in [1.54, 1.807) is 6.92 Å². The molecule has 3 N–H and O–H groups in total. The molecule has 1 fully saturated rings. The molecule has 0 aliphatic heterocycles. The van der Waals surface area contributed by atoms with E-state index < -0.39 is 6.10 Å². The van der Waals surface area contributed by atoms with Crippen LogP contribution in [-0.2, 0) is 9.53 Å². The highest BCUT2D eigenvalue weighted by atomic mass is 16.5. The Kier molecular flexibility index (Phi) is 5.60. The van der Waals surface area contributed by atoms with Crippen molar-refractivity contribution < 1.29 is 9.53 Å². The van der Waals surface area contributed by atoms with Crippen LogP contribution in [0.5, 0.6) is 0 Å². The lowest BCUT2D eigenvalue weighted by atomic mass is 10.1. The Bertz CT molecular complexity index is 273. The third-order valence-corrected chi connectivity index (χ3v) is 3.25. The molecule has 1 saturated carbocycles. The molecule has 4 nitrogen and oxygen atoms in total. The number of hydrogen-bond donors (Lipinski definition) is 2. The number of nitrogens with two attached hydrogens (primary N) is 1. The number of carbonyl (C=O) groups is 1. The van der Waals surface area contributed by atoms with Gasteiger partial charge in [-0.2, -0.15) is 0 Å². The molecule has 0 saturated heterocycles. The van der Waals surface area contributed by atoms with Crippen LogP contribution in [0.15, 0.2) is 0 Å². The molecule has 0 spiro atoms. The van der Waals surface area contributed by atoms with Crippen LogP contribution in [0.2, 0.25) is 0 Å². The summed E-state index contributed by atoms with van der Waals surface area (Å²) in [5.41, 5.74) is 5.88. The van der Waals surface area contributed by atoms with E-state index in [1.807, 2.05) is 20.8 Å². The summed E-state index contributed by atoms with van der Waals surface area (Å²) in [5, 5.41) is 2.93. The van der Waals surface area contributed by atoms with Crippen LogP contribution in [-0.4, -0.2) is 29.7 Å². The largest absolute Gasteiger partial charge is 0.364 e. The highest BCUT2D eigenvalue weighted by Crippen LogP contribution is 2.20. The van der Waals surface area contributed by atoms with Crippen molar-refractivity contribution in [2.45, 2.75) is 83.6 Å². The predicted octanol–water partition coefficient (Wildman–Crippen LogP) is 1.97. The highest BCUT2D eigenvalue weighted by Gasteiger charge is 2.27. The summed E-state index contributed by atoms with van der Waals surface area (Å²) in [4.78, 5) is 11.9. The Morgan fingerprint density at radius 3 is 2.50 bits per heavy atom. The molecule has 0 aromatic heterocycles. The topological polar surface area (TPSA) is 64.3 Å². The molecule has 3 unspecified atom stereocenters. The number of hydrogen-bond acceptors (Lipinski definition) is 3. The molecular weight excluding hydrogens is 228 g/mol. The fourth-order valence-electron chi connectivity index (χ4n) is 2.27. The van der Waals surface area contributed by atoms with Gasteiger partial charge in [-0.25, -0.2) is 0 Å². The average molecular weight is 256 g/mol. The zero-order valence-corrected chi connectivity index (χ0v) is 12.2. The summed E-state index contributed by atoms with van der Waals surface area (Å²) in [6, 6.07) is 0.0670. The summed E-state index contributed by atoms with van der Waals surface area (Å²) in [6.07, 6.45) is 5.09. The van der Waals surface area contributed by atoms with Gasteiger partial charge in [0.15, 0.2) is 0 Å². The maximum atomic E-state index is 11.9. The van der Waals surface area contributed by atoms with Crippen molar-refractivity contribution in [2.75, 3.05) is 0 Å². The van der Waals surface area contributed by atoms with Crippen LogP contribution in [0, 0.1) is 0 Å². The van der Waals surface area contributed by atoms with Crippen molar-refractivity contribution in [1.82, 2.24) is 5.32 Å². The van der Waals surface area contributed by atoms with Crippen LogP contribution in [0.1, 0.15) is 59.8 Å². The zero-order chi connectivity index (χ0) is 13.8. The second-order valence-electron chi connectivity index (χ2n) is 6.36. The number of rotatable bonds is 3. The Balaban J connectivity index is 2.47. The minimum absolute atomic E-state index is 0.0215. The number of carbonyl (C=O) groups excluding carboxylic acids is 1. The standard InChI is InChI=1S/C14H28N2O2/c1-10(13(17)16-14(2,3)4)18-12-9-7-5-6-8-11(12)15/h10-12H,5-9,15H2,1-4H3,(H,16,17). The number of nitrogens with one attached hydrogen (secondary N) is 1. The molecule has 1 aliphatic rings. The van der Waals surface area contributed by atoms with Gasteiger partial charge in [-0.15, -0.1) is 0 Å². The summed E-state index contributed by atoms with van der Waals surface area (Å²) in [7, 11) is 0. The van der Waals surface area contributed by atoms with Gasteiger partial charge in [-0.05, 0) is 40.5 Å². The molecule has 3 atom stereocenters. The van der Waals surface area contributed by atoms with Gasteiger partial charge in [0, 0.05) is 11.6 Å². The van der Waals surface area contributed by atoms with Crippen molar-refractivity contribution >= 4 is 5.91 Å². The summed E-state index contributed by atoms with van der Waals surface area (Å²) >= 11 is 0. The predicted molar refractivity (Wildman–Crippen MR) is 73.3 cm³/mol. The van der Waals surface area contributed by atoms with Gasteiger partial charge in [-0.1, -0.05) is 19.3 Å². The number of amides is 1. The molecule has 1 amide bonds. The van der Waals surface area contributed by atoms with E-state index in [1.165, 1.54) is 12.8 Å². The molecule has 0 aromatic carbocycles. The van der Waals surface area contributed by atoms with E-state index in [2.05, 4.69) is 5.32 Å². The second-order valence-corrected chi connectivity index (χ2v) is 6.36. The minimum Gasteiger partial charge on any atom is -0.364 e. The van der Waals surface area contributed by atoms with Gasteiger partial charge in [0.25, 0.3) is 0 Å². The monoisotopic (exact) mass is 256 g/mol. The van der Waals surface area contributed by atoms with E-state index in [0.29, 0.717) is 0 Å². The fourth-order valence-corrected chi connectivity index (χ4v) is 2.27. The molecule has 0 aromatic rings. The molecule has 0 heterocycles. The first-order valence-corrected chi connectivity index (χ1v) is 7.02. The van der Waals surface area contributed by atoms with Crippen LogP contribution in [0.4, 0.5) is 0 Å². The Labute approximate surface area is 111 Å². The Hall–Kier alpha value is -0.610. The molecule has 0 radical (unpaired) electrons. The summed E-state index contributed by atoms with van der Waals surface area (Å²) in [6.45, 7) is 7.71. The highest BCUT2D eigenvalue weighted by molar-refractivity contribution is 5.81. The third kappa shape index (κ3) is 5.36. The van der Waals surface area contributed by atoms with Crippen molar-refractivity contribution in [3.8, 4) is 0 Å². The van der Waals surface area contributed by atoms with Gasteiger partial charge in [0.2, 0.25) is 5.91 Å². The van der Waals surface area contributed by atoms with E-state index in [-0.39, 0.29) is 23.6 Å². The quantitative estimate of drug-likeness (QED) is 0.759. The fraction of sp³-hybridized carbons (Fsp3) is 0.929. The van der Waals surface area contributed by atoms with Gasteiger partial charge < -0.3 is 15.8 Å². The van der Waals surface area contributed by atoms with E-state index in [9.17, 15) is 4.79 Å². The van der Waals surface area contributed by atoms with Crippen molar-refractivity contribution in [2.24, 2.45) is 5.73 Å². The lowest BCUT2D eigenvalue weighted by Gasteiger charge is -2.28. The first-order chi connectivity index (χ1) is 8.29. The van der Waals surface area contributed by atoms with Crippen molar-refractivity contribution in [3.63, 3.8) is 0 Å². The second kappa shape index (κ2) is 6.53. The minimum atomic E-state index is -0.432. The average Bonchev–Trinajstić information content (AvgIpc) is 2.42. The molecule has 0 bridgehead atoms. The van der Waals surface area contributed by atoms with Crippen LogP contribution >= 0.6 is 0 Å².